The van der Waals surface area contributed by atoms with Gasteiger partial charge < -0.3 is 10.6 Å². The molecule has 1 aromatic carbocycles. The number of benzene rings is 1. The molecule has 0 bridgehead atoms. The lowest BCUT2D eigenvalue weighted by atomic mass is 9.90. The van der Waals surface area contributed by atoms with Gasteiger partial charge in [-0.05, 0) is 49.0 Å². The topological polar surface area (TPSA) is 24.1 Å². The van der Waals surface area contributed by atoms with Crippen LogP contribution in [0.15, 0.2) is 18.2 Å². The largest absolute Gasteiger partial charge is 0.315 e. The zero-order chi connectivity index (χ0) is 12.3. The first kappa shape index (κ1) is 12.6. The van der Waals surface area contributed by atoms with Crippen LogP contribution in [0.4, 0.5) is 0 Å². The molecule has 1 atom stereocenters. The van der Waals surface area contributed by atoms with Gasteiger partial charge in [-0.3, -0.25) is 0 Å². The Balaban J connectivity index is 2.06. The van der Waals surface area contributed by atoms with Crippen molar-refractivity contribution < 1.29 is 0 Å². The number of hydrogen-bond donors (Lipinski definition) is 2. The number of nitrogens with one attached hydrogen (secondary N) is 2. The maximum atomic E-state index is 3.63. The van der Waals surface area contributed by atoms with Gasteiger partial charge in [-0.15, -0.1) is 0 Å². The first-order valence-corrected chi connectivity index (χ1v) is 6.71. The highest BCUT2D eigenvalue weighted by Crippen LogP contribution is 2.25. The average molecular weight is 232 g/mol. The average Bonchev–Trinajstić information content (AvgIpc) is 2.29. The van der Waals surface area contributed by atoms with Crippen LogP contribution in [0.25, 0.3) is 0 Å². The van der Waals surface area contributed by atoms with E-state index >= 15 is 0 Å². The third-order valence-corrected chi connectivity index (χ3v) is 3.45. The standard InChI is InChI=1S/C15H24N2/c1-11(2)9-16-10-14-15-12(3)5-4-6-13(15)7-8-17-14/h4-6,11,14,16-17H,7-10H2,1-3H3. The molecule has 2 heteroatoms. The lowest BCUT2D eigenvalue weighted by Gasteiger charge is -2.29. The van der Waals surface area contributed by atoms with Gasteiger partial charge in [0.2, 0.25) is 0 Å². The van der Waals surface area contributed by atoms with Crippen molar-refractivity contribution in [2.75, 3.05) is 19.6 Å². The first-order chi connectivity index (χ1) is 8.18. The molecule has 1 aliphatic rings. The molecule has 1 unspecified atom stereocenters. The molecule has 1 aromatic rings. The lowest BCUT2D eigenvalue weighted by Crippen LogP contribution is -2.38. The minimum Gasteiger partial charge on any atom is -0.315 e. The summed E-state index contributed by atoms with van der Waals surface area (Å²) < 4.78 is 0. The highest BCUT2D eigenvalue weighted by Gasteiger charge is 2.20. The highest BCUT2D eigenvalue weighted by atomic mass is 15.0. The molecule has 17 heavy (non-hydrogen) atoms. The molecule has 2 rings (SSSR count). The van der Waals surface area contributed by atoms with Gasteiger partial charge in [-0.2, -0.15) is 0 Å². The Kier molecular flexibility index (Phi) is 4.19. The van der Waals surface area contributed by atoms with Gasteiger partial charge in [-0.1, -0.05) is 32.0 Å². The summed E-state index contributed by atoms with van der Waals surface area (Å²) >= 11 is 0. The fourth-order valence-corrected chi connectivity index (χ4v) is 2.63. The molecule has 0 fully saturated rings. The molecule has 94 valence electrons. The molecule has 0 saturated carbocycles. The SMILES string of the molecule is Cc1cccc2c1C(CNCC(C)C)NCC2. The number of fused-ring (bicyclic) bond motifs is 1. The van der Waals surface area contributed by atoms with Gasteiger partial charge >= 0.3 is 0 Å². The Morgan fingerprint density at radius 3 is 3.00 bits per heavy atom. The van der Waals surface area contributed by atoms with Gasteiger partial charge in [0.05, 0.1) is 0 Å². The summed E-state index contributed by atoms with van der Waals surface area (Å²) in [7, 11) is 0. The van der Waals surface area contributed by atoms with Crippen LogP contribution in [0.5, 0.6) is 0 Å². The van der Waals surface area contributed by atoms with Crippen LogP contribution in [0.2, 0.25) is 0 Å². The van der Waals surface area contributed by atoms with E-state index in [2.05, 4.69) is 49.6 Å². The lowest BCUT2D eigenvalue weighted by molar-refractivity contribution is 0.446. The van der Waals surface area contributed by atoms with Crippen molar-refractivity contribution in [3.8, 4) is 0 Å². The number of rotatable bonds is 4. The van der Waals surface area contributed by atoms with Gasteiger partial charge in [0.1, 0.15) is 0 Å². The quantitative estimate of drug-likeness (QED) is 0.833. The van der Waals surface area contributed by atoms with Crippen molar-refractivity contribution in [1.29, 1.82) is 0 Å². The number of aryl methyl sites for hydroxylation is 1. The fraction of sp³-hybridized carbons (Fsp3) is 0.600. The first-order valence-electron chi connectivity index (χ1n) is 6.71. The van der Waals surface area contributed by atoms with E-state index in [0.29, 0.717) is 6.04 Å². The summed E-state index contributed by atoms with van der Waals surface area (Å²) in [6.45, 7) is 9.96. The summed E-state index contributed by atoms with van der Waals surface area (Å²) in [4.78, 5) is 0. The summed E-state index contributed by atoms with van der Waals surface area (Å²) in [5, 5.41) is 7.19. The van der Waals surface area contributed by atoms with Crippen molar-refractivity contribution in [3.05, 3.63) is 34.9 Å². The highest BCUT2D eigenvalue weighted by molar-refractivity contribution is 5.39. The zero-order valence-electron chi connectivity index (χ0n) is 11.2. The van der Waals surface area contributed by atoms with Crippen LogP contribution in [-0.2, 0) is 6.42 Å². The van der Waals surface area contributed by atoms with E-state index in [-0.39, 0.29) is 0 Å². The fourth-order valence-electron chi connectivity index (χ4n) is 2.63. The predicted octanol–water partition coefficient (Wildman–Crippen LogP) is 2.43. The molecule has 0 amide bonds. The summed E-state index contributed by atoms with van der Waals surface area (Å²) in [5.74, 6) is 0.718. The maximum absolute atomic E-state index is 3.63. The normalized spacial score (nSPS) is 19.4. The van der Waals surface area contributed by atoms with Crippen LogP contribution in [-0.4, -0.2) is 19.6 Å². The minimum atomic E-state index is 0.485. The van der Waals surface area contributed by atoms with Crippen LogP contribution in [0.3, 0.4) is 0 Å². The van der Waals surface area contributed by atoms with Crippen LogP contribution in [0, 0.1) is 12.8 Å². The van der Waals surface area contributed by atoms with Gasteiger partial charge in [0.15, 0.2) is 0 Å². The monoisotopic (exact) mass is 232 g/mol. The van der Waals surface area contributed by atoms with E-state index < -0.39 is 0 Å². The second kappa shape index (κ2) is 5.65. The van der Waals surface area contributed by atoms with Gasteiger partial charge in [0, 0.05) is 12.6 Å². The Morgan fingerprint density at radius 1 is 1.41 bits per heavy atom. The van der Waals surface area contributed by atoms with E-state index in [1.807, 2.05) is 0 Å². The van der Waals surface area contributed by atoms with E-state index in [0.717, 1.165) is 32.0 Å². The molecule has 0 radical (unpaired) electrons. The Morgan fingerprint density at radius 2 is 2.24 bits per heavy atom. The molecule has 0 aromatic heterocycles. The molecule has 1 aliphatic heterocycles. The van der Waals surface area contributed by atoms with E-state index in [1.165, 1.54) is 16.7 Å². The molecular weight excluding hydrogens is 208 g/mol. The van der Waals surface area contributed by atoms with Crippen molar-refractivity contribution >= 4 is 0 Å². The molecule has 0 aliphatic carbocycles. The van der Waals surface area contributed by atoms with E-state index in [4.69, 9.17) is 0 Å². The third-order valence-electron chi connectivity index (χ3n) is 3.45. The summed E-state index contributed by atoms with van der Waals surface area (Å²) in [6, 6.07) is 7.16. The van der Waals surface area contributed by atoms with E-state index in [1.54, 1.807) is 0 Å². The Labute approximate surface area is 105 Å². The van der Waals surface area contributed by atoms with Gasteiger partial charge in [0.25, 0.3) is 0 Å². The van der Waals surface area contributed by atoms with Crippen LogP contribution < -0.4 is 10.6 Å². The van der Waals surface area contributed by atoms with Crippen LogP contribution in [0.1, 0.15) is 36.6 Å². The van der Waals surface area contributed by atoms with Crippen molar-refractivity contribution in [2.24, 2.45) is 5.92 Å². The maximum Gasteiger partial charge on any atom is 0.0452 e. The summed E-state index contributed by atoms with van der Waals surface area (Å²) in [6.07, 6.45) is 1.16. The summed E-state index contributed by atoms with van der Waals surface area (Å²) in [5.41, 5.74) is 4.47. The molecule has 2 nitrogen and oxygen atoms in total. The van der Waals surface area contributed by atoms with E-state index in [9.17, 15) is 0 Å². The predicted molar refractivity (Wildman–Crippen MR) is 73.3 cm³/mol. The smallest absolute Gasteiger partial charge is 0.0452 e. The molecule has 0 spiro atoms. The zero-order valence-corrected chi connectivity index (χ0v) is 11.2. The van der Waals surface area contributed by atoms with Crippen molar-refractivity contribution in [3.63, 3.8) is 0 Å². The Hall–Kier alpha value is -0.860. The Bertz CT molecular complexity index is 371. The molecule has 2 N–H and O–H groups in total. The third kappa shape index (κ3) is 3.08. The van der Waals surface area contributed by atoms with Crippen molar-refractivity contribution in [1.82, 2.24) is 10.6 Å². The second-order valence-electron chi connectivity index (χ2n) is 5.46. The molecule has 1 heterocycles. The second-order valence-corrected chi connectivity index (χ2v) is 5.46. The van der Waals surface area contributed by atoms with Crippen molar-refractivity contribution in [2.45, 2.75) is 33.2 Å². The molecule has 0 saturated heterocycles. The molecular formula is C15H24N2. The minimum absolute atomic E-state index is 0.485. The van der Waals surface area contributed by atoms with Gasteiger partial charge in [-0.25, -0.2) is 0 Å². The number of hydrogen-bond acceptors (Lipinski definition) is 2. The van der Waals surface area contributed by atoms with Crippen LogP contribution >= 0.6 is 0 Å².